The molecule has 4 nitrogen and oxygen atoms in total. The van der Waals surface area contributed by atoms with Crippen molar-refractivity contribution in [1.82, 2.24) is 9.78 Å². The number of methoxy groups -OCH3 is 1. The van der Waals surface area contributed by atoms with E-state index in [1.54, 1.807) is 48.2 Å². The Balaban J connectivity index is 2.14. The van der Waals surface area contributed by atoms with Gasteiger partial charge >= 0.3 is 0 Å². The second kappa shape index (κ2) is 5.52. The van der Waals surface area contributed by atoms with Crippen LogP contribution in [0, 0.1) is 6.92 Å². The average molecular weight is 256 g/mol. The summed E-state index contributed by atoms with van der Waals surface area (Å²) < 4.78 is 6.80. The molecular weight excluding hydrogens is 240 g/mol. The van der Waals surface area contributed by atoms with E-state index in [-0.39, 0.29) is 5.78 Å². The van der Waals surface area contributed by atoms with Gasteiger partial charge in [0.15, 0.2) is 5.78 Å². The van der Waals surface area contributed by atoms with Gasteiger partial charge in [0.1, 0.15) is 5.75 Å². The quantitative estimate of drug-likeness (QED) is 0.624. The summed E-state index contributed by atoms with van der Waals surface area (Å²) >= 11 is 0. The highest BCUT2D eigenvalue weighted by Crippen LogP contribution is 2.12. The summed E-state index contributed by atoms with van der Waals surface area (Å²) in [5.41, 5.74) is 2.47. The lowest BCUT2D eigenvalue weighted by Gasteiger charge is -2.00. The third kappa shape index (κ3) is 3.10. The molecule has 0 fully saturated rings. The molecule has 2 rings (SSSR count). The molecular formula is C15H16N2O2. The molecule has 98 valence electrons. The summed E-state index contributed by atoms with van der Waals surface area (Å²) in [6, 6.07) is 8.97. The number of ether oxygens (including phenoxy) is 1. The van der Waals surface area contributed by atoms with Crippen LogP contribution in [0.25, 0.3) is 6.08 Å². The second-order valence-electron chi connectivity index (χ2n) is 4.26. The van der Waals surface area contributed by atoms with Crippen molar-refractivity contribution in [3.63, 3.8) is 0 Å². The highest BCUT2D eigenvalue weighted by Gasteiger charge is 2.03. The van der Waals surface area contributed by atoms with Gasteiger partial charge in [-0.3, -0.25) is 9.48 Å². The number of hydrogen-bond acceptors (Lipinski definition) is 3. The fraction of sp³-hybridized carbons (Fsp3) is 0.200. The van der Waals surface area contributed by atoms with Gasteiger partial charge in [0, 0.05) is 12.6 Å². The maximum absolute atomic E-state index is 12.0. The molecule has 0 saturated heterocycles. The zero-order chi connectivity index (χ0) is 13.8. The molecule has 4 heteroatoms. The van der Waals surface area contributed by atoms with Crippen molar-refractivity contribution in [3.05, 3.63) is 53.4 Å². The number of ketones is 1. The highest BCUT2D eigenvalue weighted by atomic mass is 16.5. The molecule has 19 heavy (non-hydrogen) atoms. The van der Waals surface area contributed by atoms with Crippen LogP contribution in [0.3, 0.4) is 0 Å². The molecule has 0 bridgehead atoms. The zero-order valence-corrected chi connectivity index (χ0v) is 11.3. The van der Waals surface area contributed by atoms with Crippen LogP contribution >= 0.6 is 0 Å². The number of nitrogens with zero attached hydrogens (tertiary/aromatic N) is 2. The molecule has 0 spiro atoms. The largest absolute Gasteiger partial charge is 0.497 e. The van der Waals surface area contributed by atoms with Crippen LogP contribution in [0.5, 0.6) is 5.75 Å². The van der Waals surface area contributed by atoms with Crippen molar-refractivity contribution in [3.8, 4) is 5.75 Å². The predicted molar refractivity (Wildman–Crippen MR) is 74.3 cm³/mol. The van der Waals surface area contributed by atoms with Crippen molar-refractivity contribution in [2.24, 2.45) is 7.05 Å². The van der Waals surface area contributed by atoms with E-state index in [9.17, 15) is 4.79 Å². The molecule has 1 heterocycles. The molecule has 0 atom stereocenters. The molecule has 0 aliphatic rings. The zero-order valence-electron chi connectivity index (χ0n) is 11.3. The summed E-state index contributed by atoms with van der Waals surface area (Å²) in [5.74, 6) is 0.698. The SMILES string of the molecule is COc1ccc(C(=O)/C=C/c2cc(C)nn2C)cc1. The van der Waals surface area contributed by atoms with Crippen molar-refractivity contribution in [2.45, 2.75) is 6.92 Å². The molecule has 0 amide bonds. The Kier molecular flexibility index (Phi) is 3.80. The number of carbonyl (C=O) groups excluding carboxylic acids is 1. The monoisotopic (exact) mass is 256 g/mol. The van der Waals surface area contributed by atoms with Crippen LogP contribution in [0.1, 0.15) is 21.7 Å². The first-order valence-electron chi connectivity index (χ1n) is 5.97. The lowest BCUT2D eigenvalue weighted by molar-refractivity contribution is 0.104. The fourth-order valence-corrected chi connectivity index (χ4v) is 1.80. The minimum Gasteiger partial charge on any atom is -0.497 e. The minimum absolute atomic E-state index is 0.0403. The van der Waals surface area contributed by atoms with Gasteiger partial charge in [0.25, 0.3) is 0 Å². The van der Waals surface area contributed by atoms with Gasteiger partial charge in [-0.1, -0.05) is 0 Å². The molecule has 1 aromatic carbocycles. The van der Waals surface area contributed by atoms with Crippen LogP contribution in [0.4, 0.5) is 0 Å². The lowest BCUT2D eigenvalue weighted by atomic mass is 10.1. The molecule has 2 aromatic rings. The normalized spacial score (nSPS) is 10.9. The Bertz CT molecular complexity index is 610. The van der Waals surface area contributed by atoms with Gasteiger partial charge in [0.05, 0.1) is 18.5 Å². The Morgan fingerprint density at radius 1 is 1.32 bits per heavy atom. The fourth-order valence-electron chi connectivity index (χ4n) is 1.80. The Morgan fingerprint density at radius 3 is 2.53 bits per heavy atom. The third-order valence-corrected chi connectivity index (χ3v) is 2.82. The summed E-state index contributed by atoms with van der Waals surface area (Å²) in [6.45, 7) is 1.92. The maximum atomic E-state index is 12.0. The van der Waals surface area contributed by atoms with Crippen LogP contribution in [0.15, 0.2) is 36.4 Å². The molecule has 0 unspecified atom stereocenters. The van der Waals surface area contributed by atoms with Crippen molar-refractivity contribution in [2.75, 3.05) is 7.11 Å². The minimum atomic E-state index is -0.0403. The summed E-state index contributed by atoms with van der Waals surface area (Å²) in [5, 5.41) is 4.22. The number of benzene rings is 1. The highest BCUT2D eigenvalue weighted by molar-refractivity contribution is 6.06. The molecule has 0 aliphatic heterocycles. The first-order chi connectivity index (χ1) is 9.10. The van der Waals surface area contributed by atoms with E-state index in [0.29, 0.717) is 5.56 Å². The van der Waals surface area contributed by atoms with Crippen LogP contribution in [0.2, 0.25) is 0 Å². The molecule has 1 aromatic heterocycles. The van der Waals surface area contributed by atoms with E-state index in [1.165, 1.54) is 0 Å². The molecule has 0 N–H and O–H groups in total. The van der Waals surface area contributed by atoms with E-state index >= 15 is 0 Å². The van der Waals surface area contributed by atoms with Crippen LogP contribution in [-0.4, -0.2) is 22.7 Å². The average Bonchev–Trinajstić information content (AvgIpc) is 2.74. The van der Waals surface area contributed by atoms with Gasteiger partial charge in [0.2, 0.25) is 0 Å². The lowest BCUT2D eigenvalue weighted by Crippen LogP contribution is -1.96. The van der Waals surface area contributed by atoms with Gasteiger partial charge in [-0.15, -0.1) is 0 Å². The van der Waals surface area contributed by atoms with Crippen molar-refractivity contribution in [1.29, 1.82) is 0 Å². The first-order valence-corrected chi connectivity index (χ1v) is 5.97. The summed E-state index contributed by atoms with van der Waals surface area (Å²) in [6.07, 6.45) is 3.32. The van der Waals surface area contributed by atoms with Crippen molar-refractivity contribution >= 4 is 11.9 Å². The molecule has 0 aliphatic carbocycles. The van der Waals surface area contributed by atoms with E-state index < -0.39 is 0 Å². The third-order valence-electron chi connectivity index (χ3n) is 2.82. The van der Waals surface area contributed by atoms with Gasteiger partial charge in [-0.25, -0.2) is 0 Å². The maximum Gasteiger partial charge on any atom is 0.185 e. The van der Waals surface area contributed by atoms with E-state index in [2.05, 4.69) is 5.10 Å². The Hall–Kier alpha value is -2.36. The standard InChI is InChI=1S/C15H16N2O2/c1-11-10-13(17(2)16-11)6-9-15(18)12-4-7-14(19-3)8-5-12/h4-10H,1-3H3/b9-6+. The van der Waals surface area contributed by atoms with Crippen LogP contribution in [-0.2, 0) is 7.05 Å². The van der Waals surface area contributed by atoms with Gasteiger partial charge < -0.3 is 4.74 Å². The number of hydrogen-bond donors (Lipinski definition) is 0. The molecule has 0 radical (unpaired) electrons. The molecule has 0 saturated carbocycles. The van der Waals surface area contributed by atoms with Gasteiger partial charge in [-0.05, 0) is 49.4 Å². The number of allylic oxidation sites excluding steroid dienone is 1. The number of aryl methyl sites for hydroxylation is 2. The second-order valence-corrected chi connectivity index (χ2v) is 4.26. The predicted octanol–water partition coefficient (Wildman–Crippen LogP) is 2.63. The van der Waals surface area contributed by atoms with Crippen LogP contribution < -0.4 is 4.74 Å². The number of aromatic nitrogens is 2. The Morgan fingerprint density at radius 2 is 2.00 bits per heavy atom. The van der Waals surface area contributed by atoms with E-state index in [0.717, 1.165) is 17.1 Å². The summed E-state index contributed by atoms with van der Waals surface area (Å²) in [4.78, 5) is 12.0. The smallest absolute Gasteiger partial charge is 0.185 e. The number of rotatable bonds is 4. The van der Waals surface area contributed by atoms with Gasteiger partial charge in [-0.2, -0.15) is 5.10 Å². The Labute approximate surface area is 112 Å². The summed E-state index contributed by atoms with van der Waals surface area (Å²) in [7, 11) is 3.45. The first kappa shape index (κ1) is 13.1. The van der Waals surface area contributed by atoms with E-state index in [4.69, 9.17) is 4.74 Å². The topological polar surface area (TPSA) is 44.1 Å². The number of carbonyl (C=O) groups is 1. The van der Waals surface area contributed by atoms with E-state index in [1.807, 2.05) is 20.0 Å². The van der Waals surface area contributed by atoms with Crippen molar-refractivity contribution < 1.29 is 9.53 Å².